The maximum absolute atomic E-state index is 13.0. The number of benzene rings is 2. The molecule has 4 nitrogen and oxygen atoms in total. The Morgan fingerprint density at radius 1 is 0.852 bits per heavy atom. The molecule has 0 spiro atoms. The molecular weight excluding hydrogens is 358 g/mol. The van der Waals surface area contributed by atoms with Crippen molar-refractivity contribution >= 4 is 28.8 Å². The fourth-order valence-corrected chi connectivity index (χ4v) is 2.84. The minimum Gasteiger partial charge on any atom is -0.341 e. The monoisotopic (exact) mass is 377 g/mol. The van der Waals surface area contributed by atoms with Gasteiger partial charge in [-0.2, -0.15) is 0 Å². The minimum absolute atomic E-state index is 0.186. The van der Waals surface area contributed by atoms with Crippen molar-refractivity contribution in [1.29, 1.82) is 0 Å². The second-order valence-corrected chi connectivity index (χ2v) is 6.46. The van der Waals surface area contributed by atoms with Crippen LogP contribution in [0.1, 0.15) is 23.0 Å². The predicted molar refractivity (Wildman–Crippen MR) is 111 cm³/mol. The number of Topliss-reactive ketones (excluding diaryl/α,β-unsaturated/α-hetero) is 1. The van der Waals surface area contributed by atoms with E-state index in [1.54, 1.807) is 19.1 Å². The lowest BCUT2D eigenvalue weighted by molar-refractivity contribution is 0.103. The Morgan fingerprint density at radius 2 is 1.37 bits per heavy atom. The van der Waals surface area contributed by atoms with Crippen LogP contribution in [0.15, 0.2) is 84.2 Å². The Bertz CT molecular complexity index is 926. The van der Waals surface area contributed by atoms with Gasteiger partial charge in [-0.05, 0) is 50.2 Å². The number of carbonyl (C=O) groups is 1. The van der Waals surface area contributed by atoms with Crippen molar-refractivity contribution in [3.8, 4) is 0 Å². The summed E-state index contributed by atoms with van der Waals surface area (Å²) in [6, 6.07) is 22.8. The molecule has 0 radical (unpaired) electrons. The zero-order valence-corrected chi connectivity index (χ0v) is 15.9. The van der Waals surface area contributed by atoms with Crippen molar-refractivity contribution in [3.05, 3.63) is 101 Å². The minimum atomic E-state index is -0.186. The molecule has 2 N–H and O–H groups in total. The van der Waals surface area contributed by atoms with E-state index in [4.69, 9.17) is 11.6 Å². The zero-order valence-electron chi connectivity index (χ0n) is 15.2. The predicted octanol–water partition coefficient (Wildman–Crippen LogP) is 5.68. The fraction of sp³-hybridized carbons (Fsp3) is 0.0909. The van der Waals surface area contributed by atoms with Crippen molar-refractivity contribution in [1.82, 2.24) is 4.98 Å². The molecule has 0 aliphatic carbocycles. The number of para-hydroxylation sites is 2. The molecule has 0 unspecified atom stereocenters. The van der Waals surface area contributed by atoms with Crippen molar-refractivity contribution in [2.45, 2.75) is 13.8 Å². The highest BCUT2D eigenvalue weighted by Gasteiger charge is 2.17. The van der Waals surface area contributed by atoms with Crippen LogP contribution in [-0.2, 0) is 0 Å². The third-order valence-electron chi connectivity index (χ3n) is 4.03. The maximum Gasteiger partial charge on any atom is 0.195 e. The van der Waals surface area contributed by atoms with Gasteiger partial charge in [0.1, 0.15) is 11.0 Å². The van der Waals surface area contributed by atoms with Gasteiger partial charge in [-0.15, -0.1) is 0 Å². The Balaban J connectivity index is 1.99. The number of aryl methyl sites for hydroxylation is 1. The van der Waals surface area contributed by atoms with Gasteiger partial charge in [0.25, 0.3) is 0 Å². The second kappa shape index (κ2) is 8.52. The molecule has 0 saturated carbocycles. The SMILES string of the molecule is CC(C(=O)c1ccc(C)nc1Cl)=C(Nc1ccccc1)Nc1ccccc1. The van der Waals surface area contributed by atoms with Gasteiger partial charge in [-0.25, -0.2) is 4.98 Å². The number of hydrogen-bond donors (Lipinski definition) is 2. The first-order chi connectivity index (χ1) is 13.0. The third-order valence-corrected chi connectivity index (χ3v) is 4.32. The number of nitrogens with zero attached hydrogens (tertiary/aromatic N) is 1. The molecule has 0 amide bonds. The Labute approximate surface area is 163 Å². The summed E-state index contributed by atoms with van der Waals surface area (Å²) in [7, 11) is 0. The third kappa shape index (κ3) is 4.74. The number of halogens is 1. The van der Waals surface area contributed by atoms with E-state index in [9.17, 15) is 4.79 Å². The molecule has 1 heterocycles. The Morgan fingerprint density at radius 3 is 1.85 bits per heavy atom. The zero-order chi connectivity index (χ0) is 19.2. The number of nitrogens with one attached hydrogen (secondary N) is 2. The van der Waals surface area contributed by atoms with E-state index in [0.29, 0.717) is 17.0 Å². The van der Waals surface area contributed by atoms with Crippen LogP contribution < -0.4 is 10.6 Å². The number of anilines is 2. The number of aromatic nitrogens is 1. The van der Waals surface area contributed by atoms with Crippen LogP contribution in [0.3, 0.4) is 0 Å². The largest absolute Gasteiger partial charge is 0.341 e. The van der Waals surface area contributed by atoms with Crippen LogP contribution >= 0.6 is 11.6 Å². The van der Waals surface area contributed by atoms with E-state index >= 15 is 0 Å². The first-order valence-electron chi connectivity index (χ1n) is 8.57. The summed E-state index contributed by atoms with van der Waals surface area (Å²) < 4.78 is 0. The average molecular weight is 378 g/mol. The number of allylic oxidation sites excluding steroid dienone is 1. The molecule has 0 fully saturated rings. The summed E-state index contributed by atoms with van der Waals surface area (Å²) in [6.07, 6.45) is 0. The van der Waals surface area contributed by atoms with Crippen LogP contribution in [0.2, 0.25) is 5.15 Å². The average Bonchev–Trinajstić information content (AvgIpc) is 2.68. The smallest absolute Gasteiger partial charge is 0.195 e. The van der Waals surface area contributed by atoms with Crippen molar-refractivity contribution in [2.75, 3.05) is 10.6 Å². The van der Waals surface area contributed by atoms with Crippen LogP contribution in [-0.4, -0.2) is 10.8 Å². The summed E-state index contributed by atoms with van der Waals surface area (Å²) in [5, 5.41) is 6.79. The lowest BCUT2D eigenvalue weighted by Gasteiger charge is -2.17. The normalized spacial score (nSPS) is 10.2. The molecule has 27 heavy (non-hydrogen) atoms. The van der Waals surface area contributed by atoms with Gasteiger partial charge in [0.05, 0.1) is 5.56 Å². The van der Waals surface area contributed by atoms with Crippen molar-refractivity contribution < 1.29 is 4.79 Å². The Kier molecular flexibility index (Phi) is 5.89. The lowest BCUT2D eigenvalue weighted by atomic mass is 10.1. The first kappa shape index (κ1) is 18.7. The molecular formula is C22H20ClN3O. The number of carbonyl (C=O) groups excluding carboxylic acids is 1. The second-order valence-electron chi connectivity index (χ2n) is 6.10. The van der Waals surface area contributed by atoms with Gasteiger partial charge in [0.2, 0.25) is 0 Å². The van der Waals surface area contributed by atoms with Gasteiger partial charge in [0, 0.05) is 22.6 Å². The summed E-state index contributed by atoms with van der Waals surface area (Å²) >= 11 is 6.20. The number of rotatable bonds is 6. The molecule has 2 aromatic carbocycles. The molecule has 0 aliphatic rings. The van der Waals surface area contributed by atoms with Crippen LogP contribution in [0.25, 0.3) is 0 Å². The van der Waals surface area contributed by atoms with E-state index in [2.05, 4.69) is 15.6 Å². The summed E-state index contributed by atoms with van der Waals surface area (Å²) in [5.74, 6) is 0.406. The topological polar surface area (TPSA) is 54.0 Å². The molecule has 3 aromatic rings. The van der Waals surface area contributed by atoms with E-state index in [0.717, 1.165) is 17.1 Å². The quantitative estimate of drug-likeness (QED) is 0.329. The van der Waals surface area contributed by atoms with Crippen molar-refractivity contribution in [2.24, 2.45) is 0 Å². The fourth-order valence-electron chi connectivity index (χ4n) is 2.56. The van der Waals surface area contributed by atoms with Crippen molar-refractivity contribution in [3.63, 3.8) is 0 Å². The van der Waals surface area contributed by atoms with Crippen LogP contribution in [0.4, 0.5) is 11.4 Å². The number of hydrogen-bond acceptors (Lipinski definition) is 4. The van der Waals surface area contributed by atoms with Gasteiger partial charge < -0.3 is 10.6 Å². The van der Waals surface area contributed by atoms with E-state index in [-0.39, 0.29) is 10.9 Å². The standard InChI is InChI=1S/C22H20ClN3O/c1-15-13-14-19(21(23)24-15)20(27)16(2)22(25-17-9-5-3-6-10-17)26-18-11-7-4-8-12-18/h3-14,25-26H,1-2H3. The Hall–Kier alpha value is -3.11. The highest BCUT2D eigenvalue weighted by atomic mass is 35.5. The summed E-state index contributed by atoms with van der Waals surface area (Å²) in [6.45, 7) is 3.60. The molecule has 3 rings (SSSR count). The highest BCUT2D eigenvalue weighted by Crippen LogP contribution is 2.22. The van der Waals surface area contributed by atoms with Gasteiger partial charge in [0.15, 0.2) is 5.78 Å². The van der Waals surface area contributed by atoms with Gasteiger partial charge in [-0.1, -0.05) is 48.0 Å². The number of pyridine rings is 1. The van der Waals surface area contributed by atoms with Gasteiger partial charge >= 0.3 is 0 Å². The lowest BCUT2D eigenvalue weighted by Crippen LogP contribution is -2.17. The molecule has 0 saturated heterocycles. The molecule has 0 bridgehead atoms. The molecule has 5 heteroatoms. The van der Waals surface area contributed by atoms with E-state index < -0.39 is 0 Å². The van der Waals surface area contributed by atoms with Crippen LogP contribution in [0.5, 0.6) is 0 Å². The molecule has 0 aliphatic heterocycles. The van der Waals surface area contributed by atoms with Gasteiger partial charge in [-0.3, -0.25) is 4.79 Å². The first-order valence-corrected chi connectivity index (χ1v) is 8.95. The molecule has 136 valence electrons. The van der Waals surface area contributed by atoms with Crippen LogP contribution in [0, 0.1) is 6.92 Å². The summed E-state index contributed by atoms with van der Waals surface area (Å²) in [5.41, 5.74) is 3.40. The molecule has 1 aromatic heterocycles. The highest BCUT2D eigenvalue weighted by molar-refractivity contribution is 6.33. The maximum atomic E-state index is 13.0. The number of ketones is 1. The summed E-state index contributed by atoms with van der Waals surface area (Å²) in [4.78, 5) is 17.2. The van der Waals surface area contributed by atoms with E-state index in [1.165, 1.54) is 0 Å². The molecule has 0 atom stereocenters. The van der Waals surface area contributed by atoms with E-state index in [1.807, 2.05) is 67.6 Å².